The lowest BCUT2D eigenvalue weighted by atomic mass is 10.0. The Balaban J connectivity index is 3.80. The van der Waals surface area contributed by atoms with Gasteiger partial charge in [-0.3, -0.25) is 9.59 Å². The van der Waals surface area contributed by atoms with E-state index in [0.717, 1.165) is 0 Å². The summed E-state index contributed by atoms with van der Waals surface area (Å²) in [5, 5.41) is 16.9. The number of carboxylic acid groups (broad SMARTS) is 2. The third-order valence-electron chi connectivity index (χ3n) is 1.47. The Kier molecular flexibility index (Phi) is 5.45. The van der Waals surface area contributed by atoms with Gasteiger partial charge in [0.2, 0.25) is 0 Å². The minimum absolute atomic E-state index is 0.150. The Labute approximate surface area is 75.1 Å². The van der Waals surface area contributed by atoms with Crippen LogP contribution in [-0.4, -0.2) is 28.0 Å². The molecule has 0 fully saturated rings. The number of hydrogen-bond acceptors (Lipinski definition) is 2. The molecule has 0 aromatic heterocycles. The van der Waals surface area contributed by atoms with Gasteiger partial charge < -0.3 is 10.2 Å². The first kappa shape index (κ1) is 11.2. The maximum atomic E-state index is 10.3. The van der Waals surface area contributed by atoms with Crippen molar-refractivity contribution in [3.8, 4) is 0 Å². The van der Waals surface area contributed by atoms with Crippen LogP contribution >= 0.6 is 11.6 Å². The van der Waals surface area contributed by atoms with E-state index in [9.17, 15) is 9.59 Å². The van der Waals surface area contributed by atoms with E-state index >= 15 is 0 Å². The number of carbonyl (C=O) groups is 2. The van der Waals surface area contributed by atoms with Crippen LogP contribution in [0.3, 0.4) is 0 Å². The molecule has 0 bridgehead atoms. The highest BCUT2D eigenvalue weighted by molar-refractivity contribution is 6.17. The van der Waals surface area contributed by atoms with Gasteiger partial charge in [0.05, 0.1) is 0 Å². The average Bonchev–Trinajstić information content (AvgIpc) is 1.96. The van der Waals surface area contributed by atoms with E-state index in [-0.39, 0.29) is 6.42 Å². The summed E-state index contributed by atoms with van der Waals surface area (Å²) in [5.41, 5.74) is 0. The quantitative estimate of drug-likeness (QED) is 0.378. The summed E-state index contributed by atoms with van der Waals surface area (Å²) in [6.07, 6.45) is 1.34. The van der Waals surface area contributed by atoms with Crippen LogP contribution in [0.1, 0.15) is 19.3 Å². The minimum atomic E-state index is -1.28. The highest BCUT2D eigenvalue weighted by atomic mass is 35.5. The monoisotopic (exact) mass is 194 g/mol. The molecule has 0 atom stereocenters. The molecular weight excluding hydrogens is 184 g/mol. The van der Waals surface area contributed by atoms with Crippen molar-refractivity contribution >= 4 is 23.5 Å². The van der Waals surface area contributed by atoms with Crippen molar-refractivity contribution in [2.24, 2.45) is 5.92 Å². The van der Waals surface area contributed by atoms with E-state index in [2.05, 4.69) is 0 Å². The van der Waals surface area contributed by atoms with Crippen LogP contribution in [-0.2, 0) is 9.59 Å². The zero-order valence-electron chi connectivity index (χ0n) is 6.49. The van der Waals surface area contributed by atoms with Gasteiger partial charge >= 0.3 is 11.9 Å². The van der Waals surface area contributed by atoms with Gasteiger partial charge in [-0.1, -0.05) is 6.42 Å². The Morgan fingerprint density at radius 1 is 1.17 bits per heavy atom. The summed E-state index contributed by atoms with van der Waals surface area (Å²) in [5.74, 6) is -3.41. The fourth-order valence-electron chi connectivity index (χ4n) is 0.796. The van der Waals surface area contributed by atoms with Crippen molar-refractivity contribution in [1.82, 2.24) is 0 Å². The lowest BCUT2D eigenvalue weighted by molar-refractivity contribution is -0.154. The first-order chi connectivity index (χ1) is 5.59. The molecule has 0 aliphatic heterocycles. The van der Waals surface area contributed by atoms with Crippen molar-refractivity contribution < 1.29 is 19.8 Å². The topological polar surface area (TPSA) is 74.6 Å². The molecule has 0 unspecified atom stereocenters. The molecule has 0 heterocycles. The van der Waals surface area contributed by atoms with E-state index in [0.29, 0.717) is 18.7 Å². The van der Waals surface area contributed by atoms with Gasteiger partial charge in [0.1, 0.15) is 0 Å². The molecule has 0 aromatic carbocycles. The van der Waals surface area contributed by atoms with Crippen LogP contribution in [0, 0.1) is 5.92 Å². The second-order valence-corrected chi connectivity index (χ2v) is 2.79. The molecule has 70 valence electrons. The molecule has 0 saturated carbocycles. The van der Waals surface area contributed by atoms with Crippen molar-refractivity contribution in [3.05, 3.63) is 0 Å². The molecule has 12 heavy (non-hydrogen) atoms. The molecule has 0 saturated heterocycles. The third kappa shape index (κ3) is 4.18. The minimum Gasteiger partial charge on any atom is -0.481 e. The fourth-order valence-corrected chi connectivity index (χ4v) is 0.985. The lowest BCUT2D eigenvalue weighted by Gasteiger charge is -2.05. The van der Waals surface area contributed by atoms with Gasteiger partial charge in [0.15, 0.2) is 5.92 Å². The molecular formula is C7H11ClO4. The molecule has 0 spiro atoms. The van der Waals surface area contributed by atoms with Crippen LogP contribution in [0.5, 0.6) is 0 Å². The van der Waals surface area contributed by atoms with E-state index < -0.39 is 17.9 Å². The largest absolute Gasteiger partial charge is 0.481 e. The van der Waals surface area contributed by atoms with E-state index in [1.54, 1.807) is 0 Å². The third-order valence-corrected chi connectivity index (χ3v) is 1.74. The van der Waals surface area contributed by atoms with Crippen LogP contribution in [0.4, 0.5) is 0 Å². The van der Waals surface area contributed by atoms with Crippen molar-refractivity contribution in [3.63, 3.8) is 0 Å². The summed E-state index contributed by atoms with van der Waals surface area (Å²) in [4.78, 5) is 20.6. The fraction of sp³-hybridized carbons (Fsp3) is 0.714. The van der Waals surface area contributed by atoms with Gasteiger partial charge in [-0.25, -0.2) is 0 Å². The summed E-state index contributed by atoms with van der Waals surface area (Å²) in [6.45, 7) is 0. The predicted octanol–water partition coefficient (Wildman–Crippen LogP) is 1.18. The molecule has 0 aromatic rings. The molecule has 0 radical (unpaired) electrons. The molecule has 0 rings (SSSR count). The number of hydrogen-bond donors (Lipinski definition) is 2. The highest BCUT2D eigenvalue weighted by Crippen LogP contribution is 2.09. The maximum Gasteiger partial charge on any atom is 0.317 e. The summed E-state index contributed by atoms with van der Waals surface area (Å²) in [7, 11) is 0. The number of aliphatic carboxylic acids is 2. The van der Waals surface area contributed by atoms with Crippen LogP contribution < -0.4 is 0 Å². The first-order valence-corrected chi connectivity index (χ1v) is 4.14. The molecule has 0 aliphatic carbocycles. The van der Waals surface area contributed by atoms with E-state index in [4.69, 9.17) is 21.8 Å². The predicted molar refractivity (Wildman–Crippen MR) is 43.3 cm³/mol. The van der Waals surface area contributed by atoms with Crippen LogP contribution in [0.15, 0.2) is 0 Å². The van der Waals surface area contributed by atoms with Crippen molar-refractivity contribution in [2.75, 3.05) is 5.88 Å². The number of carboxylic acids is 2. The standard InChI is InChI=1S/C7H11ClO4/c8-4-2-1-3-5(6(9)10)7(11)12/h5H,1-4H2,(H,9,10)(H,11,12). The molecule has 4 nitrogen and oxygen atoms in total. The van der Waals surface area contributed by atoms with Crippen LogP contribution in [0.2, 0.25) is 0 Å². The smallest absolute Gasteiger partial charge is 0.317 e. The average molecular weight is 195 g/mol. The second kappa shape index (κ2) is 5.83. The number of rotatable bonds is 6. The van der Waals surface area contributed by atoms with Gasteiger partial charge in [-0.2, -0.15) is 0 Å². The summed E-state index contributed by atoms with van der Waals surface area (Å²) in [6, 6.07) is 0. The van der Waals surface area contributed by atoms with E-state index in [1.165, 1.54) is 0 Å². The first-order valence-electron chi connectivity index (χ1n) is 3.61. The maximum absolute atomic E-state index is 10.3. The normalized spacial score (nSPS) is 10.2. The Hall–Kier alpha value is -0.770. The Morgan fingerprint density at radius 3 is 2.00 bits per heavy atom. The molecule has 2 N–H and O–H groups in total. The van der Waals surface area contributed by atoms with Gasteiger partial charge in [0.25, 0.3) is 0 Å². The molecule has 5 heteroatoms. The van der Waals surface area contributed by atoms with Gasteiger partial charge in [-0.15, -0.1) is 11.6 Å². The van der Waals surface area contributed by atoms with Gasteiger partial charge in [-0.05, 0) is 12.8 Å². The Bertz CT molecular complexity index is 155. The van der Waals surface area contributed by atoms with Gasteiger partial charge in [0, 0.05) is 5.88 Å². The second-order valence-electron chi connectivity index (χ2n) is 2.41. The highest BCUT2D eigenvalue weighted by Gasteiger charge is 2.24. The van der Waals surface area contributed by atoms with Crippen molar-refractivity contribution in [1.29, 1.82) is 0 Å². The lowest BCUT2D eigenvalue weighted by Crippen LogP contribution is -2.23. The summed E-state index contributed by atoms with van der Waals surface area (Å²) >= 11 is 5.35. The zero-order chi connectivity index (χ0) is 9.56. The number of unbranched alkanes of at least 4 members (excludes halogenated alkanes) is 1. The Morgan fingerprint density at radius 2 is 1.67 bits per heavy atom. The van der Waals surface area contributed by atoms with Crippen molar-refractivity contribution in [2.45, 2.75) is 19.3 Å². The number of alkyl halides is 1. The van der Waals surface area contributed by atoms with E-state index in [1.807, 2.05) is 0 Å². The van der Waals surface area contributed by atoms with Crippen LogP contribution in [0.25, 0.3) is 0 Å². The molecule has 0 amide bonds. The molecule has 0 aliphatic rings. The number of halogens is 1. The SMILES string of the molecule is O=C(O)C(CCCCCl)C(=O)O. The zero-order valence-corrected chi connectivity index (χ0v) is 7.25. The summed E-state index contributed by atoms with van der Waals surface area (Å²) < 4.78 is 0.